The van der Waals surface area contributed by atoms with E-state index in [9.17, 15) is 18.0 Å². The number of hydrogen-bond acceptors (Lipinski definition) is 3. The molecule has 3 aromatic rings. The van der Waals surface area contributed by atoms with Gasteiger partial charge >= 0.3 is 6.18 Å². The van der Waals surface area contributed by atoms with Crippen molar-refractivity contribution < 1.29 is 18.0 Å². The molecule has 2 aromatic carbocycles. The van der Waals surface area contributed by atoms with Crippen LogP contribution in [0.3, 0.4) is 0 Å². The van der Waals surface area contributed by atoms with Crippen LogP contribution < -0.4 is 10.6 Å². The van der Waals surface area contributed by atoms with Crippen molar-refractivity contribution in [3.05, 3.63) is 65.5 Å². The zero-order valence-corrected chi connectivity index (χ0v) is 16.7. The van der Waals surface area contributed by atoms with Crippen LogP contribution in [0.15, 0.2) is 54.4 Å². The van der Waals surface area contributed by atoms with Gasteiger partial charge in [0, 0.05) is 43.1 Å². The van der Waals surface area contributed by atoms with E-state index in [4.69, 9.17) is 5.41 Å². The fourth-order valence-corrected chi connectivity index (χ4v) is 3.32. The Morgan fingerprint density at radius 3 is 2.40 bits per heavy atom. The van der Waals surface area contributed by atoms with E-state index < -0.39 is 11.7 Å². The molecular formula is C22H21F3N4O. The molecule has 0 atom stereocenters. The number of amides is 1. The number of benzene rings is 2. The molecule has 0 bridgehead atoms. The monoisotopic (exact) mass is 414 g/mol. The van der Waals surface area contributed by atoms with Gasteiger partial charge in [-0.25, -0.2) is 0 Å². The number of nitrogens with zero attached hydrogens (tertiary/aromatic N) is 1. The minimum Gasteiger partial charge on any atom is -0.384 e. The molecule has 0 aliphatic rings. The lowest BCUT2D eigenvalue weighted by atomic mass is 10.0. The Morgan fingerprint density at radius 2 is 1.80 bits per heavy atom. The Hall–Kier alpha value is -3.55. The number of rotatable bonds is 5. The van der Waals surface area contributed by atoms with Crippen molar-refractivity contribution in [3.8, 4) is 11.1 Å². The van der Waals surface area contributed by atoms with Gasteiger partial charge < -0.3 is 20.6 Å². The summed E-state index contributed by atoms with van der Waals surface area (Å²) in [7, 11) is 3.18. The van der Waals surface area contributed by atoms with Crippen molar-refractivity contribution in [3.63, 3.8) is 0 Å². The maximum atomic E-state index is 13.2. The molecule has 30 heavy (non-hydrogen) atoms. The number of anilines is 1. The van der Waals surface area contributed by atoms with Crippen LogP contribution >= 0.6 is 0 Å². The van der Waals surface area contributed by atoms with Crippen LogP contribution in [0.2, 0.25) is 0 Å². The molecule has 0 radical (unpaired) electrons. The Labute approximate surface area is 171 Å². The number of aromatic nitrogens is 1. The predicted molar refractivity (Wildman–Crippen MR) is 113 cm³/mol. The number of carbonyl (C=O) groups is 1. The van der Waals surface area contributed by atoms with E-state index in [0.717, 1.165) is 29.1 Å². The van der Waals surface area contributed by atoms with Crippen molar-refractivity contribution in [2.45, 2.75) is 13.1 Å². The highest BCUT2D eigenvalue weighted by molar-refractivity contribution is 6.05. The number of hydrogen-bond donors (Lipinski definition) is 3. The summed E-state index contributed by atoms with van der Waals surface area (Å²) in [5.74, 6) is -0.373. The first kappa shape index (κ1) is 21.2. The Morgan fingerprint density at radius 1 is 1.13 bits per heavy atom. The van der Waals surface area contributed by atoms with E-state index >= 15 is 0 Å². The lowest BCUT2D eigenvalue weighted by molar-refractivity contribution is -0.136. The van der Waals surface area contributed by atoms with Gasteiger partial charge in [-0.1, -0.05) is 18.2 Å². The van der Waals surface area contributed by atoms with Crippen molar-refractivity contribution in [1.29, 1.82) is 5.41 Å². The number of aryl methyl sites for hydroxylation is 2. The number of carbonyl (C=O) groups excluding carboxylic acids is 1. The molecule has 0 saturated carbocycles. The van der Waals surface area contributed by atoms with Gasteiger partial charge in [0.15, 0.2) is 0 Å². The van der Waals surface area contributed by atoms with E-state index in [-0.39, 0.29) is 17.0 Å². The summed E-state index contributed by atoms with van der Waals surface area (Å²) in [6.07, 6.45) is -0.941. The summed E-state index contributed by atoms with van der Waals surface area (Å²) in [5, 5.41) is 12.8. The highest BCUT2D eigenvalue weighted by Gasteiger charge is 2.34. The molecule has 0 aliphatic carbocycles. The number of likely N-dealkylation sites (N-methyl/N-ethyl adjacent to an activating group) is 1. The molecule has 0 fully saturated rings. The van der Waals surface area contributed by atoms with E-state index in [1.165, 1.54) is 16.7 Å². The molecule has 1 aromatic heterocycles. The SMILES string of the molecule is CN/C(=C\C=N)C(=O)Nc1ccc(-c2ccc3c(C(F)(F)F)cn(C)c3c2)cc1C. The van der Waals surface area contributed by atoms with Crippen LogP contribution in [0.25, 0.3) is 22.0 Å². The van der Waals surface area contributed by atoms with Gasteiger partial charge in [0.25, 0.3) is 5.91 Å². The molecule has 0 aliphatic heterocycles. The number of fused-ring (bicyclic) bond motifs is 1. The maximum absolute atomic E-state index is 13.2. The quantitative estimate of drug-likeness (QED) is 0.412. The third kappa shape index (κ3) is 4.07. The largest absolute Gasteiger partial charge is 0.418 e. The standard InChI is InChI=1S/C22H21F3N4O/c1-13-10-14(5-7-18(13)28-21(30)19(27-2)8-9-26)15-4-6-16-17(22(23,24)25)12-29(3)20(16)11-15/h4-12,26-27H,1-3H3,(H,28,30)/b19-8-,26-9?. The topological polar surface area (TPSA) is 69.9 Å². The van der Waals surface area contributed by atoms with Gasteiger partial charge in [-0.15, -0.1) is 0 Å². The normalized spacial score (nSPS) is 12.1. The highest BCUT2D eigenvalue weighted by Crippen LogP contribution is 2.37. The van der Waals surface area contributed by atoms with E-state index in [0.29, 0.717) is 11.2 Å². The van der Waals surface area contributed by atoms with Gasteiger partial charge in [-0.05, 0) is 47.9 Å². The number of halogens is 3. The fourth-order valence-electron chi connectivity index (χ4n) is 3.32. The first-order valence-corrected chi connectivity index (χ1v) is 9.13. The molecule has 3 rings (SSSR count). The van der Waals surface area contributed by atoms with Crippen LogP contribution in [0.5, 0.6) is 0 Å². The molecule has 1 heterocycles. The second kappa shape index (κ2) is 8.06. The number of allylic oxidation sites excluding steroid dienone is 1. The minimum absolute atomic E-state index is 0.159. The molecular weight excluding hydrogens is 393 g/mol. The lowest BCUT2D eigenvalue weighted by Gasteiger charge is -2.12. The molecule has 5 nitrogen and oxygen atoms in total. The zero-order chi connectivity index (χ0) is 22.1. The van der Waals surface area contributed by atoms with Gasteiger partial charge in [-0.3, -0.25) is 4.79 Å². The summed E-state index contributed by atoms with van der Waals surface area (Å²) in [6, 6.07) is 10.3. The molecule has 0 spiro atoms. The summed E-state index contributed by atoms with van der Waals surface area (Å²) in [4.78, 5) is 12.3. The average Bonchev–Trinajstić information content (AvgIpc) is 3.04. The molecule has 1 amide bonds. The third-order valence-corrected chi connectivity index (χ3v) is 4.87. The van der Waals surface area contributed by atoms with Crippen molar-refractivity contribution in [2.24, 2.45) is 7.05 Å². The molecule has 0 unspecified atom stereocenters. The van der Waals surface area contributed by atoms with E-state index in [2.05, 4.69) is 10.6 Å². The summed E-state index contributed by atoms with van der Waals surface area (Å²) < 4.78 is 41.1. The highest BCUT2D eigenvalue weighted by atomic mass is 19.4. The predicted octanol–water partition coefficient (Wildman–Crippen LogP) is 4.86. The van der Waals surface area contributed by atoms with E-state index in [1.807, 2.05) is 13.0 Å². The van der Waals surface area contributed by atoms with Gasteiger partial charge in [0.2, 0.25) is 0 Å². The summed E-state index contributed by atoms with van der Waals surface area (Å²) >= 11 is 0. The van der Waals surface area contributed by atoms with Gasteiger partial charge in [0.1, 0.15) is 5.70 Å². The van der Waals surface area contributed by atoms with Crippen LogP contribution in [-0.4, -0.2) is 23.7 Å². The number of alkyl halides is 3. The Bertz CT molecular complexity index is 1160. The van der Waals surface area contributed by atoms with Gasteiger partial charge in [-0.2, -0.15) is 13.2 Å². The van der Waals surface area contributed by atoms with Crippen LogP contribution in [0.1, 0.15) is 11.1 Å². The molecule has 156 valence electrons. The average molecular weight is 414 g/mol. The van der Waals surface area contributed by atoms with Crippen molar-refractivity contribution in [1.82, 2.24) is 9.88 Å². The number of nitrogens with one attached hydrogen (secondary N) is 3. The molecule has 0 saturated heterocycles. The van der Waals surface area contributed by atoms with Crippen LogP contribution in [0.4, 0.5) is 18.9 Å². The zero-order valence-electron chi connectivity index (χ0n) is 16.7. The second-order valence-electron chi connectivity index (χ2n) is 6.86. The Kier molecular flexibility index (Phi) is 5.69. The van der Waals surface area contributed by atoms with Crippen molar-refractivity contribution in [2.75, 3.05) is 12.4 Å². The maximum Gasteiger partial charge on any atom is 0.418 e. The minimum atomic E-state index is -4.41. The van der Waals surface area contributed by atoms with Gasteiger partial charge in [0.05, 0.1) is 5.56 Å². The summed E-state index contributed by atoms with van der Waals surface area (Å²) in [6.45, 7) is 1.83. The Balaban J connectivity index is 1.94. The first-order chi connectivity index (χ1) is 14.2. The third-order valence-electron chi connectivity index (χ3n) is 4.87. The smallest absolute Gasteiger partial charge is 0.384 e. The van der Waals surface area contributed by atoms with Crippen LogP contribution in [-0.2, 0) is 18.0 Å². The van der Waals surface area contributed by atoms with Crippen LogP contribution in [0, 0.1) is 12.3 Å². The van der Waals surface area contributed by atoms with Crippen molar-refractivity contribution >= 4 is 28.7 Å². The summed E-state index contributed by atoms with van der Waals surface area (Å²) in [5.41, 5.74) is 3.10. The first-order valence-electron chi connectivity index (χ1n) is 9.13. The fraction of sp³-hybridized carbons (Fsp3) is 0.182. The lowest BCUT2D eigenvalue weighted by Crippen LogP contribution is -2.23. The second-order valence-corrected chi connectivity index (χ2v) is 6.86. The molecule has 3 N–H and O–H groups in total. The van der Waals surface area contributed by atoms with E-state index in [1.54, 1.807) is 38.4 Å². The molecule has 8 heteroatoms.